The van der Waals surface area contributed by atoms with Gasteiger partial charge in [-0.05, 0) is 35.4 Å². The molecule has 0 amide bonds. The van der Waals surface area contributed by atoms with Gasteiger partial charge in [0.1, 0.15) is 12.3 Å². The summed E-state index contributed by atoms with van der Waals surface area (Å²) in [5.41, 5.74) is 3.41. The summed E-state index contributed by atoms with van der Waals surface area (Å²) in [6.07, 6.45) is 1.44. The zero-order valence-electron chi connectivity index (χ0n) is 16.4. The summed E-state index contributed by atoms with van der Waals surface area (Å²) in [4.78, 5) is 20.6. The number of hydrazone groups is 1. The molecule has 3 rings (SSSR count). The van der Waals surface area contributed by atoms with Crippen molar-refractivity contribution in [3.63, 3.8) is 0 Å². The Balaban J connectivity index is 1.71. The maximum Gasteiger partial charge on any atom is 0.301 e. The van der Waals surface area contributed by atoms with Gasteiger partial charge in [0.05, 0.1) is 29.2 Å². The maximum atomic E-state index is 11.2. The predicted molar refractivity (Wildman–Crippen MR) is 115 cm³/mol. The lowest BCUT2D eigenvalue weighted by atomic mass is 10.2. The second-order valence-corrected chi connectivity index (χ2v) is 6.27. The fourth-order valence-electron chi connectivity index (χ4n) is 2.67. The van der Waals surface area contributed by atoms with Crippen molar-refractivity contribution >= 4 is 23.3 Å². The average molecular weight is 422 g/mol. The van der Waals surface area contributed by atoms with Gasteiger partial charge in [-0.2, -0.15) is 5.10 Å². The number of nitrogens with one attached hydrogen (secondary N) is 1. The van der Waals surface area contributed by atoms with E-state index in [1.54, 1.807) is 18.2 Å². The average Bonchev–Trinajstić information content (AvgIpc) is 2.78. The lowest BCUT2D eigenvalue weighted by molar-refractivity contribution is -0.393. The lowest BCUT2D eigenvalue weighted by Gasteiger charge is -2.11. The molecular weight excluding hydrogens is 404 g/mol. The molecule has 0 spiro atoms. The van der Waals surface area contributed by atoms with E-state index >= 15 is 0 Å². The molecule has 0 fully saturated rings. The van der Waals surface area contributed by atoms with Gasteiger partial charge >= 0.3 is 5.69 Å². The summed E-state index contributed by atoms with van der Waals surface area (Å²) in [5, 5.41) is 26.0. The molecule has 10 nitrogen and oxygen atoms in total. The molecule has 0 aliphatic heterocycles. The minimum atomic E-state index is -0.716. The molecule has 3 aromatic carbocycles. The fourth-order valence-corrected chi connectivity index (χ4v) is 2.67. The van der Waals surface area contributed by atoms with E-state index in [1.165, 1.54) is 19.4 Å². The van der Waals surface area contributed by atoms with Gasteiger partial charge < -0.3 is 9.47 Å². The van der Waals surface area contributed by atoms with Crippen LogP contribution >= 0.6 is 0 Å². The van der Waals surface area contributed by atoms with E-state index in [9.17, 15) is 20.2 Å². The first kappa shape index (κ1) is 21.2. The molecule has 0 aliphatic carbocycles. The number of anilines is 1. The Bertz CT molecular complexity index is 1120. The van der Waals surface area contributed by atoms with E-state index in [1.807, 2.05) is 30.3 Å². The van der Waals surface area contributed by atoms with Crippen molar-refractivity contribution < 1.29 is 19.3 Å². The molecule has 0 heterocycles. The number of non-ortho nitro benzene ring substituents is 1. The van der Waals surface area contributed by atoms with Crippen LogP contribution < -0.4 is 14.9 Å². The van der Waals surface area contributed by atoms with Gasteiger partial charge in [0, 0.05) is 6.07 Å². The zero-order valence-corrected chi connectivity index (χ0v) is 16.4. The molecule has 1 N–H and O–H groups in total. The molecule has 0 aromatic heterocycles. The van der Waals surface area contributed by atoms with E-state index in [2.05, 4.69) is 10.5 Å². The van der Waals surface area contributed by atoms with Crippen LogP contribution in [0.25, 0.3) is 0 Å². The van der Waals surface area contributed by atoms with Gasteiger partial charge in [-0.3, -0.25) is 25.7 Å². The number of nitro benzene ring substituents is 2. The molecule has 0 saturated carbocycles. The van der Waals surface area contributed by atoms with E-state index in [0.29, 0.717) is 23.7 Å². The summed E-state index contributed by atoms with van der Waals surface area (Å²) in [7, 11) is 1.52. The monoisotopic (exact) mass is 422 g/mol. The summed E-state index contributed by atoms with van der Waals surface area (Å²) in [6.45, 7) is 0.385. The molecule has 0 aliphatic rings. The third kappa shape index (κ3) is 5.54. The lowest BCUT2D eigenvalue weighted by Crippen LogP contribution is -2.00. The standard InChI is InChI=1S/C21H18N4O6/c1-30-21-11-16(7-10-20(21)31-14-15-5-3-2-4-6-15)13-22-23-18-9-8-17(24(26)27)12-19(18)25(28)29/h2-13,23H,14H2,1H3/b22-13-. The fraction of sp³-hybridized carbons (Fsp3) is 0.0952. The second-order valence-electron chi connectivity index (χ2n) is 6.27. The molecule has 3 aromatic rings. The third-order valence-electron chi connectivity index (χ3n) is 4.21. The van der Waals surface area contributed by atoms with Crippen molar-refractivity contribution in [1.29, 1.82) is 0 Å². The number of hydrogen-bond donors (Lipinski definition) is 1. The SMILES string of the molecule is COc1cc(/C=N\Nc2ccc([N+](=O)[O-])cc2[N+](=O)[O-])ccc1OCc1ccccc1. The van der Waals surface area contributed by atoms with Gasteiger partial charge in [-0.1, -0.05) is 30.3 Å². The molecule has 10 heteroatoms. The van der Waals surface area contributed by atoms with Crippen LogP contribution in [0.5, 0.6) is 11.5 Å². The molecular formula is C21H18N4O6. The highest BCUT2D eigenvalue weighted by Crippen LogP contribution is 2.30. The van der Waals surface area contributed by atoms with Crippen LogP contribution in [-0.2, 0) is 6.61 Å². The van der Waals surface area contributed by atoms with Crippen molar-refractivity contribution in [1.82, 2.24) is 0 Å². The highest BCUT2D eigenvalue weighted by Gasteiger charge is 2.19. The Morgan fingerprint density at radius 1 is 0.968 bits per heavy atom. The number of ether oxygens (including phenoxy) is 2. The Hall–Kier alpha value is -4.47. The normalized spacial score (nSPS) is 10.6. The Labute approximate surface area is 177 Å². The maximum absolute atomic E-state index is 11.2. The summed E-state index contributed by atoms with van der Waals surface area (Å²) in [5.74, 6) is 1.06. The topological polar surface area (TPSA) is 129 Å². The molecule has 0 unspecified atom stereocenters. The van der Waals surface area contributed by atoms with E-state index < -0.39 is 15.5 Å². The molecule has 0 radical (unpaired) electrons. The van der Waals surface area contributed by atoms with Crippen LogP contribution in [0.15, 0.2) is 71.8 Å². The van der Waals surface area contributed by atoms with Crippen LogP contribution in [0.4, 0.5) is 17.1 Å². The smallest absolute Gasteiger partial charge is 0.301 e. The number of nitro groups is 2. The first-order valence-corrected chi connectivity index (χ1v) is 9.04. The molecule has 158 valence electrons. The van der Waals surface area contributed by atoms with E-state index in [4.69, 9.17) is 9.47 Å². The van der Waals surface area contributed by atoms with Crippen molar-refractivity contribution in [2.24, 2.45) is 5.10 Å². The van der Waals surface area contributed by atoms with Crippen LogP contribution in [-0.4, -0.2) is 23.2 Å². The Morgan fingerprint density at radius 2 is 1.74 bits per heavy atom. The van der Waals surface area contributed by atoms with Gasteiger partial charge in [0.25, 0.3) is 5.69 Å². The van der Waals surface area contributed by atoms with Gasteiger partial charge in [-0.15, -0.1) is 0 Å². The molecule has 0 bridgehead atoms. The first-order valence-electron chi connectivity index (χ1n) is 9.04. The largest absolute Gasteiger partial charge is 0.493 e. The van der Waals surface area contributed by atoms with Crippen LogP contribution in [0.2, 0.25) is 0 Å². The molecule has 31 heavy (non-hydrogen) atoms. The van der Waals surface area contributed by atoms with Gasteiger partial charge in [0.2, 0.25) is 0 Å². The van der Waals surface area contributed by atoms with Crippen molar-refractivity contribution in [3.05, 3.63) is 98.1 Å². The van der Waals surface area contributed by atoms with Crippen molar-refractivity contribution in [3.8, 4) is 11.5 Å². The van der Waals surface area contributed by atoms with Crippen LogP contribution in [0, 0.1) is 20.2 Å². The molecule has 0 atom stereocenters. The molecule has 0 saturated heterocycles. The zero-order chi connectivity index (χ0) is 22.2. The quantitative estimate of drug-likeness (QED) is 0.304. The third-order valence-corrected chi connectivity index (χ3v) is 4.21. The van der Waals surface area contributed by atoms with Crippen molar-refractivity contribution in [2.45, 2.75) is 6.61 Å². The van der Waals surface area contributed by atoms with Crippen LogP contribution in [0.3, 0.4) is 0 Å². The summed E-state index contributed by atoms with van der Waals surface area (Å²) in [6, 6.07) is 18.1. The van der Waals surface area contributed by atoms with E-state index in [-0.39, 0.29) is 11.4 Å². The highest BCUT2D eigenvalue weighted by molar-refractivity contribution is 5.82. The van der Waals surface area contributed by atoms with Gasteiger partial charge in [-0.25, -0.2) is 0 Å². The van der Waals surface area contributed by atoms with Crippen molar-refractivity contribution in [2.75, 3.05) is 12.5 Å². The number of nitrogens with zero attached hydrogens (tertiary/aromatic N) is 3. The minimum Gasteiger partial charge on any atom is -0.493 e. The number of methoxy groups -OCH3 is 1. The van der Waals surface area contributed by atoms with E-state index in [0.717, 1.165) is 17.7 Å². The summed E-state index contributed by atoms with van der Waals surface area (Å²) >= 11 is 0. The Morgan fingerprint density at radius 3 is 2.42 bits per heavy atom. The second kappa shape index (κ2) is 9.83. The summed E-state index contributed by atoms with van der Waals surface area (Å²) < 4.78 is 11.2. The minimum absolute atomic E-state index is 0.0293. The highest BCUT2D eigenvalue weighted by atomic mass is 16.6. The first-order chi connectivity index (χ1) is 15.0. The number of rotatable bonds is 9. The Kier molecular flexibility index (Phi) is 6.74. The number of benzene rings is 3. The van der Waals surface area contributed by atoms with Gasteiger partial charge in [0.15, 0.2) is 11.5 Å². The predicted octanol–water partition coefficient (Wildman–Crippen LogP) is 4.54. The van der Waals surface area contributed by atoms with Crippen LogP contribution in [0.1, 0.15) is 11.1 Å². The number of hydrogen-bond acceptors (Lipinski definition) is 8.